The molecular weight excluding hydrogens is 548 g/mol. The molecule has 0 saturated heterocycles. The molecule has 0 bridgehead atoms. The summed E-state index contributed by atoms with van der Waals surface area (Å²) < 4.78 is 3.72. The zero-order valence-corrected chi connectivity index (χ0v) is 23.9. The van der Waals surface area contributed by atoms with E-state index >= 15 is 0 Å². The first-order chi connectivity index (χ1) is 15.1. The fraction of sp³-hybridized carbons (Fsp3) is 0.440. The van der Waals surface area contributed by atoms with Crippen LogP contribution < -0.4 is 3.58 Å². The molecule has 0 N–H and O–H groups in total. The molecule has 3 aromatic rings. The summed E-state index contributed by atoms with van der Waals surface area (Å²) in [6.45, 7) is 12.6. The van der Waals surface area contributed by atoms with E-state index in [1.165, 1.54) is 3.58 Å². The van der Waals surface area contributed by atoms with Gasteiger partial charge in [-0.15, -0.1) is 0 Å². The minimum atomic E-state index is -0.688. The van der Waals surface area contributed by atoms with Gasteiger partial charge in [0.05, 0.1) is 0 Å². The summed E-state index contributed by atoms with van der Waals surface area (Å²) in [6, 6.07) is 10.4. The topological polar surface area (TPSA) is 37.6 Å². The van der Waals surface area contributed by atoms with Crippen molar-refractivity contribution in [3.05, 3.63) is 52.3 Å². The summed E-state index contributed by atoms with van der Waals surface area (Å²) in [4.78, 5) is 20.0. The van der Waals surface area contributed by atoms with Gasteiger partial charge in [-0.3, -0.25) is 0 Å². The van der Waals surface area contributed by atoms with Crippen molar-refractivity contribution in [2.45, 2.75) is 57.3 Å². The van der Waals surface area contributed by atoms with Crippen molar-refractivity contribution < 1.29 is 4.79 Å². The first-order valence-electron chi connectivity index (χ1n) is 11.1. The van der Waals surface area contributed by atoms with Gasteiger partial charge in [-0.2, -0.15) is 0 Å². The first-order valence-corrected chi connectivity index (χ1v) is 14.8. The van der Waals surface area contributed by atoms with Gasteiger partial charge in [-0.05, 0) is 0 Å². The number of carbonyl (C=O) groups is 1. The van der Waals surface area contributed by atoms with Crippen LogP contribution >= 0.6 is 23.2 Å². The van der Waals surface area contributed by atoms with Crippen LogP contribution in [0.3, 0.4) is 0 Å². The predicted octanol–water partition coefficient (Wildman–Crippen LogP) is 6.05. The van der Waals surface area contributed by atoms with Crippen molar-refractivity contribution in [3.63, 3.8) is 0 Å². The van der Waals surface area contributed by atoms with E-state index in [2.05, 4.69) is 58.9 Å². The number of pyridine rings is 1. The quantitative estimate of drug-likeness (QED) is 0.305. The van der Waals surface area contributed by atoms with Crippen LogP contribution in [0.5, 0.6) is 0 Å². The Morgan fingerprint density at radius 3 is 2.28 bits per heavy atom. The number of halogens is 2. The number of imidazole rings is 1. The number of rotatable bonds is 8. The summed E-state index contributed by atoms with van der Waals surface area (Å²) in [5.41, 5.74) is 3.25. The second kappa shape index (κ2) is 10.8. The van der Waals surface area contributed by atoms with Crippen LogP contribution in [0.25, 0.3) is 16.9 Å². The van der Waals surface area contributed by atoms with Crippen LogP contribution in [0.15, 0.2) is 36.5 Å². The van der Waals surface area contributed by atoms with Crippen molar-refractivity contribution >= 4 is 59.5 Å². The standard InChI is InChI=1S/C21H22Cl2N3O.C4H9.Sn/c1-3-10-25(11-4-2)19(27)13-18-20(15-8-6-5-7-9-15)24-21-17(23)12-16(22)14-26(18)21;1-4(2)3;/h6-9,12,14H,3-4,10-11,13H2,1-2H3;1-3H3;. The van der Waals surface area contributed by atoms with Crippen LogP contribution in [0.2, 0.25) is 13.5 Å². The van der Waals surface area contributed by atoms with Gasteiger partial charge >= 0.3 is 212 Å². The van der Waals surface area contributed by atoms with Gasteiger partial charge in [0.2, 0.25) is 0 Å². The van der Waals surface area contributed by atoms with Crippen molar-refractivity contribution in [2.24, 2.45) is 0 Å². The molecule has 170 valence electrons. The predicted molar refractivity (Wildman–Crippen MR) is 137 cm³/mol. The van der Waals surface area contributed by atoms with Crippen LogP contribution in [-0.4, -0.2) is 54.4 Å². The molecule has 0 unspecified atom stereocenters. The Bertz CT molecular complexity index is 1080. The molecule has 0 atom stereocenters. The summed E-state index contributed by atoms with van der Waals surface area (Å²) in [6.07, 6.45) is 3.93. The van der Waals surface area contributed by atoms with Crippen LogP contribution in [0.1, 0.15) is 53.2 Å². The molecule has 32 heavy (non-hydrogen) atoms. The van der Waals surface area contributed by atoms with Crippen molar-refractivity contribution in [1.82, 2.24) is 14.3 Å². The molecule has 0 spiro atoms. The Balaban J connectivity index is 2.06. The number of nitrogens with zero attached hydrogens (tertiary/aromatic N) is 3. The molecule has 0 aliphatic rings. The molecule has 1 aromatic carbocycles. The van der Waals surface area contributed by atoms with Crippen molar-refractivity contribution in [2.75, 3.05) is 13.1 Å². The van der Waals surface area contributed by atoms with Gasteiger partial charge in [-0.1, -0.05) is 0 Å². The Morgan fingerprint density at radius 2 is 1.72 bits per heavy atom. The van der Waals surface area contributed by atoms with E-state index in [9.17, 15) is 4.79 Å². The molecule has 2 aromatic heterocycles. The molecule has 0 saturated carbocycles. The van der Waals surface area contributed by atoms with Crippen molar-refractivity contribution in [3.8, 4) is 11.3 Å². The van der Waals surface area contributed by atoms with Crippen LogP contribution in [-0.2, 0) is 11.2 Å². The maximum absolute atomic E-state index is 13.2. The molecule has 7 heteroatoms. The van der Waals surface area contributed by atoms with Gasteiger partial charge in [0, 0.05) is 0 Å². The molecule has 4 nitrogen and oxygen atoms in total. The Kier molecular flexibility index (Phi) is 8.56. The SMILES string of the molecule is CCCN(CCC)C(=O)Cc1c(-c2cc[c]([Sn][C](C)(C)C)cc2)nc2c(Cl)cc(Cl)cn12. The number of hydrogen-bond donors (Lipinski definition) is 0. The first kappa shape index (κ1) is 25.4. The van der Waals surface area contributed by atoms with Gasteiger partial charge in [0.25, 0.3) is 0 Å². The van der Waals surface area contributed by atoms with Gasteiger partial charge in [-0.25, -0.2) is 0 Å². The molecule has 0 aliphatic heterocycles. The average Bonchev–Trinajstić information content (AvgIpc) is 3.06. The molecule has 3 rings (SSSR count). The van der Waals surface area contributed by atoms with Crippen LogP contribution in [0, 0.1) is 0 Å². The van der Waals surface area contributed by atoms with E-state index in [1.807, 2.05) is 9.30 Å². The minimum absolute atomic E-state index is 0.103. The second-order valence-electron chi connectivity index (χ2n) is 9.12. The molecule has 2 heterocycles. The maximum atomic E-state index is 13.2. The zero-order valence-electron chi connectivity index (χ0n) is 19.5. The van der Waals surface area contributed by atoms with Gasteiger partial charge < -0.3 is 0 Å². The molecule has 0 aliphatic carbocycles. The Morgan fingerprint density at radius 1 is 1.09 bits per heavy atom. The number of benzene rings is 1. The monoisotopic (exact) mass is 579 g/mol. The molecule has 0 fully saturated rings. The van der Waals surface area contributed by atoms with E-state index in [0.29, 0.717) is 19.1 Å². The zero-order chi connectivity index (χ0) is 23.5. The third-order valence-electron chi connectivity index (χ3n) is 5.08. The molecule has 2 radical (unpaired) electrons. The van der Waals surface area contributed by atoms with E-state index in [4.69, 9.17) is 28.2 Å². The van der Waals surface area contributed by atoms with Gasteiger partial charge in [0.1, 0.15) is 0 Å². The normalized spacial score (nSPS) is 11.8. The fourth-order valence-electron chi connectivity index (χ4n) is 3.82. The van der Waals surface area contributed by atoms with Gasteiger partial charge in [0.15, 0.2) is 0 Å². The fourth-order valence-corrected chi connectivity index (χ4v) is 7.76. The van der Waals surface area contributed by atoms with E-state index in [0.717, 1.165) is 42.9 Å². The molecule has 1 amide bonds. The summed E-state index contributed by atoms with van der Waals surface area (Å²) in [5, 5.41) is 1.00. The number of hydrogen-bond acceptors (Lipinski definition) is 2. The van der Waals surface area contributed by atoms with E-state index in [1.54, 1.807) is 12.3 Å². The summed E-state index contributed by atoms with van der Waals surface area (Å²) in [5.74, 6) is 0.103. The number of aromatic nitrogens is 2. The molecular formula is C25H31Cl2N3OSn. The van der Waals surface area contributed by atoms with E-state index < -0.39 is 21.1 Å². The number of carbonyl (C=O) groups excluding carboxylic acids is 1. The average molecular weight is 579 g/mol. The Labute approximate surface area is 211 Å². The van der Waals surface area contributed by atoms with Crippen LogP contribution in [0.4, 0.5) is 0 Å². The third kappa shape index (κ3) is 6.21. The summed E-state index contributed by atoms with van der Waals surface area (Å²) in [7, 11) is 0. The Hall–Kier alpha value is -1.24. The number of amides is 1. The number of fused-ring (bicyclic) bond motifs is 1. The summed E-state index contributed by atoms with van der Waals surface area (Å²) >= 11 is 12.1. The third-order valence-corrected chi connectivity index (χ3v) is 9.48. The van der Waals surface area contributed by atoms with Crippen molar-refractivity contribution in [1.29, 1.82) is 0 Å². The van der Waals surface area contributed by atoms with E-state index in [-0.39, 0.29) is 12.3 Å². The second-order valence-corrected chi connectivity index (χ2v) is 16.6.